The van der Waals surface area contributed by atoms with Crippen LogP contribution >= 0.6 is 7.82 Å². The monoisotopic (exact) mass is 829 g/mol. The van der Waals surface area contributed by atoms with Gasteiger partial charge in [0.25, 0.3) is 0 Å². The lowest BCUT2D eigenvalue weighted by Crippen LogP contribution is -2.37. The van der Waals surface area contributed by atoms with E-state index in [0.717, 1.165) is 57.8 Å². The van der Waals surface area contributed by atoms with E-state index in [0.29, 0.717) is 23.9 Å². The standard InChI is InChI=1S/C47H90NO8P/c1-6-8-10-12-14-16-18-20-22-23-24-26-27-29-31-33-35-37-39-46(49)53-43-45(44-55-57(51,52)54-42-41-48(3,4)5)56-47(50)40-38-36-34-32-30-28-25-21-19-17-15-13-11-9-7-2/h15,17,21,25,45H,6-14,16,18-20,22-24,26-44H2,1-5H3/p+1/b17-15-,25-21-/t45-/m1/s1. The molecule has 2 atom stereocenters. The maximum Gasteiger partial charge on any atom is 0.472 e. The van der Waals surface area contributed by atoms with Crippen molar-refractivity contribution < 1.29 is 42.1 Å². The van der Waals surface area contributed by atoms with Crippen LogP contribution < -0.4 is 0 Å². The molecule has 0 saturated carbocycles. The van der Waals surface area contributed by atoms with Crippen molar-refractivity contribution in [3.63, 3.8) is 0 Å². The van der Waals surface area contributed by atoms with Gasteiger partial charge in [-0.15, -0.1) is 0 Å². The zero-order chi connectivity index (χ0) is 42.1. The molecular weight excluding hydrogens is 737 g/mol. The number of carbonyl (C=O) groups is 2. The maximum atomic E-state index is 12.7. The minimum atomic E-state index is -4.38. The van der Waals surface area contributed by atoms with E-state index in [4.69, 9.17) is 18.5 Å². The third kappa shape index (κ3) is 43.9. The molecule has 0 aromatic carbocycles. The molecule has 0 rings (SSSR count). The van der Waals surface area contributed by atoms with E-state index >= 15 is 0 Å². The van der Waals surface area contributed by atoms with Crippen molar-refractivity contribution in [2.45, 2.75) is 219 Å². The van der Waals surface area contributed by atoms with Crippen molar-refractivity contribution >= 4 is 19.8 Å². The number of hydrogen-bond donors (Lipinski definition) is 1. The summed E-state index contributed by atoms with van der Waals surface area (Å²) in [4.78, 5) is 35.4. The van der Waals surface area contributed by atoms with E-state index in [1.54, 1.807) is 0 Å². The van der Waals surface area contributed by atoms with Crippen LogP contribution in [0.3, 0.4) is 0 Å². The second-order valence-corrected chi connectivity index (χ2v) is 18.6. The summed E-state index contributed by atoms with van der Waals surface area (Å²) in [5.74, 6) is -0.805. The number of hydrogen-bond acceptors (Lipinski definition) is 7. The number of phosphoric ester groups is 1. The van der Waals surface area contributed by atoms with Gasteiger partial charge in [0.2, 0.25) is 0 Å². The molecule has 0 fully saturated rings. The third-order valence-corrected chi connectivity index (χ3v) is 11.2. The second kappa shape index (κ2) is 39.9. The first-order valence-corrected chi connectivity index (χ1v) is 25.1. The molecule has 0 aliphatic rings. The van der Waals surface area contributed by atoms with E-state index in [2.05, 4.69) is 38.2 Å². The van der Waals surface area contributed by atoms with Gasteiger partial charge >= 0.3 is 19.8 Å². The van der Waals surface area contributed by atoms with Crippen molar-refractivity contribution in [3.8, 4) is 0 Å². The van der Waals surface area contributed by atoms with Gasteiger partial charge in [-0.2, -0.15) is 0 Å². The lowest BCUT2D eigenvalue weighted by atomic mass is 10.0. The average Bonchev–Trinajstić information content (AvgIpc) is 3.16. The van der Waals surface area contributed by atoms with Crippen LogP contribution in [0.5, 0.6) is 0 Å². The number of likely N-dealkylation sites (N-methyl/N-ethyl adjacent to an activating group) is 1. The summed E-state index contributed by atoms with van der Waals surface area (Å²) in [6.07, 6.45) is 43.6. The molecular formula is C47H91NO8P+. The molecule has 0 aliphatic carbocycles. The van der Waals surface area contributed by atoms with Gasteiger partial charge in [-0.1, -0.05) is 179 Å². The molecule has 9 nitrogen and oxygen atoms in total. The number of allylic oxidation sites excluding steroid dienone is 4. The molecule has 0 heterocycles. The smallest absolute Gasteiger partial charge is 0.462 e. The molecule has 1 N–H and O–H groups in total. The molecule has 10 heteroatoms. The van der Waals surface area contributed by atoms with E-state index < -0.39 is 26.5 Å². The molecule has 0 radical (unpaired) electrons. The summed E-state index contributed by atoms with van der Waals surface area (Å²) in [5.41, 5.74) is 0. The number of nitrogens with zero attached hydrogens (tertiary/aromatic N) is 1. The van der Waals surface area contributed by atoms with Gasteiger partial charge in [0, 0.05) is 12.8 Å². The quantitative estimate of drug-likeness (QED) is 0.0213. The Bertz CT molecular complexity index is 1030. The van der Waals surface area contributed by atoms with Crippen LogP contribution in [0.1, 0.15) is 213 Å². The Labute approximate surface area is 351 Å². The Balaban J connectivity index is 4.30. The highest BCUT2D eigenvalue weighted by molar-refractivity contribution is 7.47. The number of unbranched alkanes of at least 4 members (excludes halogenated alkanes) is 25. The van der Waals surface area contributed by atoms with Gasteiger partial charge in [0.15, 0.2) is 6.10 Å². The molecule has 1 unspecified atom stereocenters. The van der Waals surface area contributed by atoms with Gasteiger partial charge in [-0.05, 0) is 44.9 Å². The fourth-order valence-corrected chi connectivity index (χ4v) is 7.26. The second-order valence-electron chi connectivity index (χ2n) is 17.1. The molecule has 0 aromatic heterocycles. The molecule has 0 spiro atoms. The van der Waals surface area contributed by atoms with Crippen LogP contribution in [0, 0.1) is 0 Å². The number of phosphoric acid groups is 1. The number of esters is 2. The first-order valence-electron chi connectivity index (χ1n) is 23.6. The Kier molecular flexibility index (Phi) is 38.9. The van der Waals surface area contributed by atoms with Gasteiger partial charge < -0.3 is 18.9 Å². The SMILES string of the molecule is CCCCC/C=C\C/C=C\CCCCCCCC(=O)O[C@H](COC(=O)CCCCCCCCCCCCCCCCCCCC)COP(=O)(O)OCC[N+](C)(C)C. The van der Waals surface area contributed by atoms with Gasteiger partial charge in [0.05, 0.1) is 27.7 Å². The molecule has 0 saturated heterocycles. The van der Waals surface area contributed by atoms with Crippen LogP contribution in [0.2, 0.25) is 0 Å². The highest BCUT2D eigenvalue weighted by Crippen LogP contribution is 2.43. The molecule has 0 aliphatic heterocycles. The van der Waals surface area contributed by atoms with Crippen molar-refractivity contribution in [2.75, 3.05) is 47.5 Å². The van der Waals surface area contributed by atoms with Crippen molar-refractivity contribution in [2.24, 2.45) is 0 Å². The van der Waals surface area contributed by atoms with E-state index in [9.17, 15) is 19.0 Å². The number of rotatable bonds is 43. The Morgan fingerprint density at radius 3 is 1.42 bits per heavy atom. The van der Waals surface area contributed by atoms with Crippen LogP contribution in [0.15, 0.2) is 24.3 Å². The summed E-state index contributed by atoms with van der Waals surface area (Å²) >= 11 is 0. The average molecular weight is 829 g/mol. The minimum Gasteiger partial charge on any atom is -0.462 e. The molecule has 0 aromatic rings. The fraction of sp³-hybridized carbons (Fsp3) is 0.872. The zero-order valence-corrected chi connectivity index (χ0v) is 38.7. The van der Waals surface area contributed by atoms with Crippen LogP contribution in [-0.4, -0.2) is 74.9 Å². The van der Waals surface area contributed by atoms with Crippen molar-refractivity contribution in [3.05, 3.63) is 24.3 Å². The van der Waals surface area contributed by atoms with Gasteiger partial charge in [-0.25, -0.2) is 4.57 Å². The summed E-state index contributed by atoms with van der Waals surface area (Å²) in [6, 6.07) is 0. The number of quaternary nitrogens is 1. The zero-order valence-electron chi connectivity index (χ0n) is 37.8. The largest absolute Gasteiger partial charge is 0.472 e. The van der Waals surface area contributed by atoms with E-state index in [-0.39, 0.29) is 25.6 Å². The van der Waals surface area contributed by atoms with Gasteiger partial charge in [0.1, 0.15) is 19.8 Å². The van der Waals surface area contributed by atoms with Crippen LogP contribution in [0.25, 0.3) is 0 Å². The Morgan fingerprint density at radius 1 is 0.544 bits per heavy atom. The van der Waals surface area contributed by atoms with Crippen LogP contribution in [0.4, 0.5) is 0 Å². The van der Waals surface area contributed by atoms with Crippen LogP contribution in [-0.2, 0) is 32.7 Å². The third-order valence-electron chi connectivity index (χ3n) is 10.2. The number of carbonyl (C=O) groups excluding carboxylic acids is 2. The number of ether oxygens (including phenoxy) is 2. The normalized spacial score (nSPS) is 13.7. The predicted molar refractivity (Wildman–Crippen MR) is 238 cm³/mol. The molecule has 0 bridgehead atoms. The minimum absolute atomic E-state index is 0.0307. The van der Waals surface area contributed by atoms with Crippen molar-refractivity contribution in [1.29, 1.82) is 0 Å². The topological polar surface area (TPSA) is 108 Å². The van der Waals surface area contributed by atoms with E-state index in [1.165, 1.54) is 122 Å². The highest BCUT2D eigenvalue weighted by atomic mass is 31.2. The maximum absolute atomic E-state index is 12.7. The Morgan fingerprint density at radius 2 is 0.947 bits per heavy atom. The summed E-state index contributed by atoms with van der Waals surface area (Å²) in [6.45, 7) is 4.41. The van der Waals surface area contributed by atoms with Gasteiger partial charge in [-0.3, -0.25) is 18.6 Å². The first kappa shape index (κ1) is 55.5. The Hall–Kier alpha value is -1.51. The predicted octanol–water partition coefficient (Wildman–Crippen LogP) is 13.5. The lowest BCUT2D eigenvalue weighted by molar-refractivity contribution is -0.870. The van der Waals surface area contributed by atoms with Crippen molar-refractivity contribution in [1.82, 2.24) is 0 Å². The molecule has 0 amide bonds. The molecule has 57 heavy (non-hydrogen) atoms. The highest BCUT2D eigenvalue weighted by Gasteiger charge is 2.27. The summed E-state index contributed by atoms with van der Waals surface area (Å²) in [5, 5.41) is 0. The summed E-state index contributed by atoms with van der Waals surface area (Å²) < 4.78 is 34.4. The van der Waals surface area contributed by atoms with E-state index in [1.807, 2.05) is 21.1 Å². The molecule has 336 valence electrons. The summed E-state index contributed by atoms with van der Waals surface area (Å²) in [7, 11) is 1.47. The first-order chi connectivity index (χ1) is 27.5. The lowest BCUT2D eigenvalue weighted by Gasteiger charge is -2.24. The fourth-order valence-electron chi connectivity index (χ4n) is 6.52.